The molecule has 0 aliphatic rings. The van der Waals surface area contributed by atoms with E-state index in [1.54, 1.807) is 18.2 Å². The number of aryl methyl sites for hydroxylation is 1. The minimum Gasteiger partial charge on any atom is -0.493 e. The number of nitrogens with two attached hydrogens (primary N) is 1. The number of nitrogen functional groups attached to an aromatic ring is 1. The van der Waals surface area contributed by atoms with Crippen LogP contribution in [0.2, 0.25) is 0 Å². The molecule has 0 bridgehead atoms. The molecule has 124 valence electrons. The van der Waals surface area contributed by atoms with Crippen LogP contribution in [0.15, 0.2) is 36.4 Å². The Bertz CT molecular complexity index is 915. The highest BCUT2D eigenvalue weighted by Crippen LogP contribution is 2.37. The lowest BCUT2D eigenvalue weighted by atomic mass is 10.1. The molecule has 3 aromatic rings. The molecule has 0 radical (unpaired) electrons. The monoisotopic (exact) mass is 326 g/mol. The molecule has 0 spiro atoms. The summed E-state index contributed by atoms with van der Waals surface area (Å²) in [7, 11) is 1.51. The van der Waals surface area contributed by atoms with Crippen molar-refractivity contribution >= 4 is 22.6 Å². The summed E-state index contributed by atoms with van der Waals surface area (Å²) in [5.41, 5.74) is 9.19. The number of aromatic nitrogens is 1. The van der Waals surface area contributed by atoms with Crippen molar-refractivity contribution in [2.75, 3.05) is 12.8 Å². The molecule has 4 N–H and O–H groups in total. The number of methoxy groups -OCH3 is 1. The number of carboxylic acids is 1. The molecule has 6 heteroatoms. The minimum absolute atomic E-state index is 0.0760. The Labute approximate surface area is 138 Å². The van der Waals surface area contributed by atoms with Gasteiger partial charge in [-0.05, 0) is 42.8 Å². The number of aromatic amines is 1. The molecule has 2 aromatic carbocycles. The Kier molecular flexibility index (Phi) is 4.04. The summed E-state index contributed by atoms with van der Waals surface area (Å²) in [5, 5.41) is 9.88. The molecule has 24 heavy (non-hydrogen) atoms. The molecule has 0 saturated heterocycles. The first-order chi connectivity index (χ1) is 11.5. The van der Waals surface area contributed by atoms with Crippen LogP contribution in [-0.2, 0) is 11.2 Å². The average Bonchev–Trinajstić information content (AvgIpc) is 2.87. The van der Waals surface area contributed by atoms with Gasteiger partial charge in [0, 0.05) is 16.6 Å². The van der Waals surface area contributed by atoms with Crippen LogP contribution in [0.1, 0.15) is 11.3 Å². The number of anilines is 1. The largest absolute Gasteiger partial charge is 0.493 e. The quantitative estimate of drug-likeness (QED) is 0.624. The van der Waals surface area contributed by atoms with Crippen molar-refractivity contribution in [2.45, 2.75) is 13.3 Å². The van der Waals surface area contributed by atoms with E-state index in [-0.39, 0.29) is 6.42 Å². The number of aliphatic carboxylic acids is 1. The molecule has 6 nitrogen and oxygen atoms in total. The second-order valence-corrected chi connectivity index (χ2v) is 5.59. The first-order valence-corrected chi connectivity index (χ1v) is 7.41. The molecule has 0 aliphatic heterocycles. The van der Waals surface area contributed by atoms with E-state index in [0.29, 0.717) is 28.5 Å². The molecule has 3 rings (SSSR count). The van der Waals surface area contributed by atoms with Crippen LogP contribution in [0, 0.1) is 6.92 Å². The fourth-order valence-corrected chi connectivity index (χ4v) is 2.61. The Morgan fingerprint density at radius 2 is 1.96 bits per heavy atom. The van der Waals surface area contributed by atoms with Gasteiger partial charge in [-0.15, -0.1) is 0 Å². The number of fused-ring (bicyclic) bond motifs is 1. The van der Waals surface area contributed by atoms with E-state index >= 15 is 0 Å². The number of hydrogen-bond donors (Lipinski definition) is 3. The zero-order chi connectivity index (χ0) is 17.3. The van der Waals surface area contributed by atoms with Gasteiger partial charge in [-0.1, -0.05) is 6.07 Å². The number of ether oxygens (including phenoxy) is 2. The number of benzene rings is 2. The fraction of sp³-hybridized carbons (Fsp3) is 0.167. The summed E-state index contributed by atoms with van der Waals surface area (Å²) in [6, 6.07) is 10.7. The van der Waals surface area contributed by atoms with Crippen molar-refractivity contribution < 1.29 is 19.4 Å². The van der Waals surface area contributed by atoms with E-state index in [2.05, 4.69) is 4.98 Å². The second-order valence-electron chi connectivity index (χ2n) is 5.59. The lowest BCUT2D eigenvalue weighted by Gasteiger charge is -2.13. The van der Waals surface area contributed by atoms with Gasteiger partial charge >= 0.3 is 5.97 Å². The zero-order valence-corrected chi connectivity index (χ0v) is 13.4. The molecule has 1 aromatic heterocycles. The topological polar surface area (TPSA) is 97.6 Å². The third-order valence-electron chi connectivity index (χ3n) is 3.69. The number of carbonyl (C=O) groups is 1. The third kappa shape index (κ3) is 3.12. The highest BCUT2D eigenvalue weighted by atomic mass is 16.5. The zero-order valence-electron chi connectivity index (χ0n) is 13.4. The number of nitrogens with one attached hydrogen (secondary N) is 1. The van der Waals surface area contributed by atoms with Gasteiger partial charge in [-0.3, -0.25) is 4.79 Å². The molecule has 0 unspecified atom stereocenters. The van der Waals surface area contributed by atoms with Crippen LogP contribution in [0.5, 0.6) is 17.2 Å². The summed E-state index contributed by atoms with van der Waals surface area (Å²) in [4.78, 5) is 14.0. The van der Waals surface area contributed by atoms with Gasteiger partial charge in [0.2, 0.25) is 0 Å². The Hall–Kier alpha value is -3.15. The number of rotatable bonds is 5. The second kappa shape index (κ2) is 6.16. The van der Waals surface area contributed by atoms with Crippen LogP contribution in [-0.4, -0.2) is 23.2 Å². The van der Waals surface area contributed by atoms with E-state index < -0.39 is 5.97 Å². The Morgan fingerprint density at radius 1 is 1.17 bits per heavy atom. The number of hydrogen-bond acceptors (Lipinski definition) is 4. The van der Waals surface area contributed by atoms with Crippen molar-refractivity contribution in [1.29, 1.82) is 0 Å². The maximum atomic E-state index is 10.8. The fourth-order valence-electron chi connectivity index (χ4n) is 2.61. The maximum Gasteiger partial charge on any atom is 0.307 e. The highest BCUT2D eigenvalue weighted by Gasteiger charge is 2.12. The summed E-state index contributed by atoms with van der Waals surface area (Å²) in [6.07, 6.45) is -0.0760. The van der Waals surface area contributed by atoms with E-state index in [4.69, 9.17) is 20.3 Å². The van der Waals surface area contributed by atoms with Crippen molar-refractivity contribution in [1.82, 2.24) is 4.98 Å². The average molecular weight is 326 g/mol. The smallest absolute Gasteiger partial charge is 0.307 e. The van der Waals surface area contributed by atoms with E-state index in [1.807, 2.05) is 25.1 Å². The van der Waals surface area contributed by atoms with Gasteiger partial charge in [-0.2, -0.15) is 0 Å². The van der Waals surface area contributed by atoms with Gasteiger partial charge in [-0.25, -0.2) is 0 Å². The van der Waals surface area contributed by atoms with Crippen LogP contribution in [0.3, 0.4) is 0 Å². The first kappa shape index (κ1) is 15.7. The van der Waals surface area contributed by atoms with Gasteiger partial charge < -0.3 is 25.3 Å². The predicted molar refractivity (Wildman–Crippen MR) is 91.9 cm³/mol. The number of H-pyrrole nitrogens is 1. The SMILES string of the molecule is COc1cc(CC(=O)O)ccc1Oc1cc2cc(C)[nH]c2cc1N. The van der Waals surface area contributed by atoms with Crippen molar-refractivity contribution in [3.8, 4) is 17.2 Å². The molecule has 0 saturated carbocycles. The molecular weight excluding hydrogens is 308 g/mol. The Balaban J connectivity index is 1.95. The van der Waals surface area contributed by atoms with Crippen LogP contribution in [0.25, 0.3) is 10.9 Å². The van der Waals surface area contributed by atoms with E-state index in [1.165, 1.54) is 7.11 Å². The standard InChI is InChI=1S/C18H18N2O4/c1-10-5-12-8-16(13(19)9-14(12)20-10)24-15-4-3-11(7-18(21)22)6-17(15)23-2/h3-6,8-9,20H,7,19H2,1-2H3,(H,21,22). The molecule has 1 heterocycles. The predicted octanol–water partition coefficient (Wildman–Crippen LogP) is 3.49. The molecule has 0 atom stereocenters. The maximum absolute atomic E-state index is 10.8. The Morgan fingerprint density at radius 3 is 2.67 bits per heavy atom. The molecule has 0 amide bonds. The van der Waals surface area contributed by atoms with E-state index in [0.717, 1.165) is 16.6 Å². The van der Waals surface area contributed by atoms with Crippen molar-refractivity contribution in [2.24, 2.45) is 0 Å². The molecular formula is C18H18N2O4. The van der Waals surface area contributed by atoms with Crippen molar-refractivity contribution in [3.63, 3.8) is 0 Å². The summed E-state index contributed by atoms with van der Waals surface area (Å²) < 4.78 is 11.2. The normalized spacial score (nSPS) is 10.8. The first-order valence-electron chi connectivity index (χ1n) is 7.41. The molecule has 0 fully saturated rings. The molecule has 0 aliphatic carbocycles. The third-order valence-corrected chi connectivity index (χ3v) is 3.69. The minimum atomic E-state index is -0.900. The van der Waals surface area contributed by atoms with Gasteiger partial charge in [0.1, 0.15) is 0 Å². The van der Waals surface area contributed by atoms with Gasteiger partial charge in [0.15, 0.2) is 17.2 Å². The van der Waals surface area contributed by atoms with Crippen LogP contribution in [0.4, 0.5) is 5.69 Å². The van der Waals surface area contributed by atoms with Crippen LogP contribution >= 0.6 is 0 Å². The highest BCUT2D eigenvalue weighted by molar-refractivity contribution is 5.86. The van der Waals surface area contributed by atoms with Crippen molar-refractivity contribution in [3.05, 3.63) is 47.7 Å². The van der Waals surface area contributed by atoms with Crippen LogP contribution < -0.4 is 15.2 Å². The summed E-state index contributed by atoms with van der Waals surface area (Å²) >= 11 is 0. The summed E-state index contributed by atoms with van der Waals surface area (Å²) in [5.74, 6) is 0.553. The summed E-state index contributed by atoms with van der Waals surface area (Å²) in [6.45, 7) is 1.97. The lowest BCUT2D eigenvalue weighted by Crippen LogP contribution is -2.01. The van der Waals surface area contributed by atoms with E-state index in [9.17, 15) is 4.79 Å². The number of carboxylic acid groups (broad SMARTS) is 1. The lowest BCUT2D eigenvalue weighted by molar-refractivity contribution is -0.136. The van der Waals surface area contributed by atoms with Gasteiger partial charge in [0.05, 0.1) is 19.2 Å². The van der Waals surface area contributed by atoms with Gasteiger partial charge in [0.25, 0.3) is 0 Å².